The van der Waals surface area contributed by atoms with E-state index in [2.05, 4.69) is 29.6 Å². The van der Waals surface area contributed by atoms with Crippen molar-refractivity contribution in [1.29, 1.82) is 0 Å². The van der Waals surface area contributed by atoms with Gasteiger partial charge in [-0.25, -0.2) is 0 Å². The van der Waals surface area contributed by atoms with E-state index in [0.29, 0.717) is 6.04 Å². The molecule has 78 valence electrons. The van der Waals surface area contributed by atoms with Crippen LogP contribution in [0.5, 0.6) is 0 Å². The van der Waals surface area contributed by atoms with Crippen molar-refractivity contribution < 1.29 is 0 Å². The summed E-state index contributed by atoms with van der Waals surface area (Å²) in [6, 6.07) is 10.8. The van der Waals surface area contributed by atoms with Crippen LogP contribution in [0, 0.1) is 0 Å². The Bertz CT molecular complexity index is 319. The third kappa shape index (κ3) is 3.18. The molecular weight excluding hydrogens is 184 g/mol. The maximum absolute atomic E-state index is 9.54. The summed E-state index contributed by atoms with van der Waals surface area (Å²) in [7, 11) is 0. The topological polar surface area (TPSA) is 34.3 Å². The lowest BCUT2D eigenvalue weighted by Crippen LogP contribution is -2.38. The van der Waals surface area contributed by atoms with Crippen LogP contribution in [-0.2, 0) is 6.42 Å². The van der Waals surface area contributed by atoms with Gasteiger partial charge in [-0.15, -0.1) is 5.73 Å². The molecule has 1 aliphatic rings. The molecule has 0 aromatic heterocycles. The maximum Gasteiger partial charge on any atom is 0.111 e. The second-order valence-electron chi connectivity index (χ2n) is 4.00. The molecule has 1 heterocycles. The van der Waals surface area contributed by atoms with Gasteiger partial charge in [0.15, 0.2) is 0 Å². The van der Waals surface area contributed by atoms with Crippen LogP contribution >= 0.6 is 0 Å². The molecule has 0 saturated heterocycles. The van der Waals surface area contributed by atoms with Crippen LogP contribution in [0.15, 0.2) is 42.5 Å². The Morgan fingerprint density at radius 2 is 2.07 bits per heavy atom. The first kappa shape index (κ1) is 10.4. The van der Waals surface area contributed by atoms with E-state index >= 15 is 0 Å². The first-order valence-electron chi connectivity index (χ1n) is 5.49. The molecule has 1 aromatic carbocycles. The molecule has 0 fully saturated rings. The molecule has 2 radical (unpaired) electrons. The van der Waals surface area contributed by atoms with E-state index < -0.39 is 6.17 Å². The molecule has 2 nitrogen and oxygen atoms in total. The van der Waals surface area contributed by atoms with Gasteiger partial charge >= 0.3 is 0 Å². The summed E-state index contributed by atoms with van der Waals surface area (Å²) >= 11 is 0. The zero-order valence-electron chi connectivity index (χ0n) is 8.76. The number of nitrogens with zero attached hydrogens (tertiary/aromatic N) is 1. The summed E-state index contributed by atoms with van der Waals surface area (Å²) in [5.41, 5.74) is 10.9. The van der Waals surface area contributed by atoms with Crippen LogP contribution in [0.2, 0.25) is 0 Å². The average molecular weight is 200 g/mol. The molecule has 1 N–H and O–H groups in total. The van der Waals surface area contributed by atoms with E-state index in [1.165, 1.54) is 5.56 Å². The van der Waals surface area contributed by atoms with Crippen molar-refractivity contribution >= 4 is 0 Å². The summed E-state index contributed by atoms with van der Waals surface area (Å²) < 4.78 is 0. The van der Waals surface area contributed by atoms with Crippen LogP contribution < -0.4 is 11.1 Å². The largest absolute Gasteiger partial charge is 0.293 e. The molecule has 2 unspecified atom stereocenters. The van der Waals surface area contributed by atoms with Crippen molar-refractivity contribution in [3.8, 4) is 0 Å². The first-order chi connectivity index (χ1) is 7.34. The third-order valence-electron chi connectivity index (χ3n) is 2.73. The molecular formula is C13H16N2. The quantitative estimate of drug-likeness (QED) is 0.727. The monoisotopic (exact) mass is 200 g/mol. The van der Waals surface area contributed by atoms with Gasteiger partial charge < -0.3 is 0 Å². The van der Waals surface area contributed by atoms with E-state index in [4.69, 9.17) is 0 Å². The second-order valence-corrected chi connectivity index (χ2v) is 4.00. The predicted molar refractivity (Wildman–Crippen MR) is 61.4 cm³/mol. The molecule has 0 bridgehead atoms. The van der Waals surface area contributed by atoms with E-state index in [1.54, 1.807) is 0 Å². The summed E-state index contributed by atoms with van der Waals surface area (Å²) in [4.78, 5) is 0. The lowest BCUT2D eigenvalue weighted by Gasteiger charge is -2.18. The van der Waals surface area contributed by atoms with E-state index in [1.807, 2.05) is 18.2 Å². The lowest BCUT2D eigenvalue weighted by atomic mass is 10.0. The van der Waals surface area contributed by atoms with Crippen molar-refractivity contribution in [2.75, 3.05) is 0 Å². The van der Waals surface area contributed by atoms with E-state index in [-0.39, 0.29) is 0 Å². The van der Waals surface area contributed by atoms with Crippen LogP contribution in [0.3, 0.4) is 0 Å². The molecule has 2 rings (SSSR count). The Kier molecular flexibility index (Phi) is 3.54. The number of rotatable bonds is 2. The number of hydrogen-bond donors (Lipinski definition) is 1. The van der Waals surface area contributed by atoms with Crippen LogP contribution in [-0.4, -0.2) is 12.2 Å². The van der Waals surface area contributed by atoms with Crippen molar-refractivity contribution in [1.82, 2.24) is 11.1 Å². The van der Waals surface area contributed by atoms with Crippen LogP contribution in [0.1, 0.15) is 18.4 Å². The molecule has 0 spiro atoms. The standard InChI is InChI=1S/C13H16N2/c14-13-9-5-4-8-12(15-13)10-11-6-2-1-3-7-11/h1-3,5-7,9,12-13,15H,4,8,10H2. The number of nitrogens with one attached hydrogen (secondary N) is 1. The maximum atomic E-state index is 9.54. The highest BCUT2D eigenvalue weighted by atomic mass is 15.0. The normalized spacial score (nSPS) is 26.2. The highest BCUT2D eigenvalue weighted by Crippen LogP contribution is 2.11. The van der Waals surface area contributed by atoms with Gasteiger partial charge in [-0.2, -0.15) is 0 Å². The van der Waals surface area contributed by atoms with Gasteiger partial charge in [-0.05, 0) is 24.8 Å². The first-order valence-corrected chi connectivity index (χ1v) is 5.49. The Labute approximate surface area is 91.2 Å². The van der Waals surface area contributed by atoms with Gasteiger partial charge in [0.25, 0.3) is 0 Å². The summed E-state index contributed by atoms with van der Waals surface area (Å²) in [6.07, 6.45) is 6.50. The minimum atomic E-state index is -0.485. The smallest absolute Gasteiger partial charge is 0.111 e. The fourth-order valence-corrected chi connectivity index (χ4v) is 1.96. The van der Waals surface area contributed by atoms with Gasteiger partial charge in [-0.1, -0.05) is 42.5 Å². The van der Waals surface area contributed by atoms with Crippen LogP contribution in [0.25, 0.3) is 0 Å². The fourth-order valence-electron chi connectivity index (χ4n) is 1.96. The zero-order chi connectivity index (χ0) is 10.5. The third-order valence-corrected chi connectivity index (χ3v) is 2.73. The molecule has 0 amide bonds. The Morgan fingerprint density at radius 3 is 2.87 bits per heavy atom. The summed E-state index contributed by atoms with van der Waals surface area (Å²) in [5, 5.41) is 3.20. The van der Waals surface area contributed by atoms with Gasteiger partial charge in [0.1, 0.15) is 6.17 Å². The van der Waals surface area contributed by atoms with Gasteiger partial charge in [0, 0.05) is 6.04 Å². The summed E-state index contributed by atoms with van der Waals surface area (Å²) in [5.74, 6) is 0. The van der Waals surface area contributed by atoms with Crippen molar-refractivity contribution in [2.45, 2.75) is 31.5 Å². The van der Waals surface area contributed by atoms with Crippen LogP contribution in [0.4, 0.5) is 0 Å². The molecule has 1 aromatic rings. The molecule has 2 heteroatoms. The molecule has 0 aliphatic carbocycles. The molecule has 2 atom stereocenters. The minimum absolute atomic E-state index is 0.373. The van der Waals surface area contributed by atoms with Gasteiger partial charge in [0.05, 0.1) is 0 Å². The Hall–Kier alpha value is -1.12. The summed E-state index contributed by atoms with van der Waals surface area (Å²) in [6.45, 7) is 0. The highest BCUT2D eigenvalue weighted by Gasteiger charge is 2.14. The SMILES string of the molecule is [N]C1C=CCCC(Cc2ccccc2)N1. The lowest BCUT2D eigenvalue weighted by molar-refractivity contribution is 0.455. The van der Waals surface area contributed by atoms with E-state index in [9.17, 15) is 5.73 Å². The van der Waals surface area contributed by atoms with Crippen molar-refractivity contribution in [3.63, 3.8) is 0 Å². The molecule has 0 saturated carbocycles. The van der Waals surface area contributed by atoms with Gasteiger partial charge in [-0.3, -0.25) is 5.32 Å². The van der Waals surface area contributed by atoms with Crippen molar-refractivity contribution in [3.05, 3.63) is 48.0 Å². The predicted octanol–water partition coefficient (Wildman–Crippen LogP) is 1.93. The van der Waals surface area contributed by atoms with E-state index in [0.717, 1.165) is 19.3 Å². The highest BCUT2D eigenvalue weighted by molar-refractivity contribution is 5.16. The number of hydrogen-bond acceptors (Lipinski definition) is 1. The number of benzene rings is 1. The Morgan fingerprint density at radius 1 is 1.27 bits per heavy atom. The van der Waals surface area contributed by atoms with Crippen molar-refractivity contribution in [2.24, 2.45) is 0 Å². The molecule has 1 aliphatic heterocycles. The second kappa shape index (κ2) is 5.10. The average Bonchev–Trinajstić information content (AvgIpc) is 2.44. The number of allylic oxidation sites excluding steroid dienone is 1. The minimum Gasteiger partial charge on any atom is -0.293 e. The van der Waals surface area contributed by atoms with Gasteiger partial charge in [0.2, 0.25) is 0 Å². The molecule has 15 heavy (non-hydrogen) atoms. The fraction of sp³-hybridized carbons (Fsp3) is 0.385. The zero-order valence-corrected chi connectivity index (χ0v) is 8.76. The Balaban J connectivity index is 1.95.